The van der Waals surface area contributed by atoms with Gasteiger partial charge < -0.3 is 5.73 Å². The van der Waals surface area contributed by atoms with Crippen LogP contribution in [0.25, 0.3) is 0 Å². The summed E-state index contributed by atoms with van der Waals surface area (Å²) in [4.78, 5) is 30.1. The number of non-ortho nitro benzene ring substituents is 2. The smallest absolute Gasteiger partial charge is 0.270 e. The molecule has 2 N–H and O–H groups in total. The van der Waals surface area contributed by atoms with Crippen LogP contribution >= 0.6 is 0 Å². The van der Waals surface area contributed by atoms with Crippen LogP contribution in [0.4, 0.5) is 34.6 Å². The van der Waals surface area contributed by atoms with Crippen LogP contribution in [0.5, 0.6) is 0 Å². The molecular formula is C24H23F4N3O5. The van der Waals surface area contributed by atoms with E-state index in [0.717, 1.165) is 19.1 Å². The van der Waals surface area contributed by atoms with Gasteiger partial charge in [-0.2, -0.15) is 0 Å². The molecule has 8 nitrogen and oxygen atoms in total. The molecule has 192 valence electrons. The number of nitrogens with zero attached hydrogens (tertiary/aromatic N) is 2. The van der Waals surface area contributed by atoms with Crippen LogP contribution in [0.2, 0.25) is 0 Å². The normalized spacial score (nSPS) is 10.8. The Bertz CT molecular complexity index is 1200. The van der Waals surface area contributed by atoms with Crippen molar-refractivity contribution in [1.82, 2.24) is 0 Å². The van der Waals surface area contributed by atoms with Crippen molar-refractivity contribution in [3.05, 3.63) is 110 Å². The molecule has 0 aliphatic carbocycles. The van der Waals surface area contributed by atoms with Crippen molar-refractivity contribution in [2.75, 3.05) is 5.73 Å². The van der Waals surface area contributed by atoms with Gasteiger partial charge in [-0.25, -0.2) is 17.6 Å². The van der Waals surface area contributed by atoms with Gasteiger partial charge in [-0.1, -0.05) is 36.4 Å². The maximum atomic E-state index is 12.7. The van der Waals surface area contributed by atoms with E-state index in [1.807, 2.05) is 0 Å². The summed E-state index contributed by atoms with van der Waals surface area (Å²) in [7, 11) is 0. The molecular weight excluding hydrogens is 486 g/mol. The molecule has 0 amide bonds. The van der Waals surface area contributed by atoms with Crippen LogP contribution in [0.3, 0.4) is 0 Å². The van der Waals surface area contributed by atoms with Crippen LogP contribution in [0, 0.1) is 20.2 Å². The Hall–Kier alpha value is -4.35. The van der Waals surface area contributed by atoms with Gasteiger partial charge in [0, 0.05) is 60.5 Å². The zero-order valence-corrected chi connectivity index (χ0v) is 19.5. The Kier molecular flexibility index (Phi) is 10.2. The predicted molar refractivity (Wildman–Crippen MR) is 126 cm³/mol. The van der Waals surface area contributed by atoms with Gasteiger partial charge in [0.25, 0.3) is 23.2 Å². The van der Waals surface area contributed by atoms with E-state index in [4.69, 9.17) is 5.73 Å². The highest BCUT2D eigenvalue weighted by Gasteiger charge is 2.26. The molecule has 36 heavy (non-hydrogen) atoms. The molecule has 0 bridgehead atoms. The average molecular weight is 509 g/mol. The van der Waals surface area contributed by atoms with E-state index in [-0.39, 0.29) is 28.3 Å². The SMILES string of the molecule is CC(=O)c1cccc([N+](=O)[O-])c1.CC(F)(F)c1cccc(N)c1.CC(F)(F)c1cccc([N+](=O)[O-])c1. The zero-order chi connectivity index (χ0) is 27.7. The number of hydrogen-bond acceptors (Lipinski definition) is 6. The topological polar surface area (TPSA) is 129 Å². The summed E-state index contributed by atoms with van der Waals surface area (Å²) in [6.45, 7) is 2.92. The van der Waals surface area contributed by atoms with E-state index in [9.17, 15) is 42.6 Å². The lowest BCUT2D eigenvalue weighted by atomic mass is 10.1. The highest BCUT2D eigenvalue weighted by molar-refractivity contribution is 5.94. The molecule has 3 rings (SSSR count). The molecule has 0 heterocycles. The highest BCUT2D eigenvalue weighted by Crippen LogP contribution is 2.29. The number of nitrogen functional groups attached to an aromatic ring is 1. The number of rotatable bonds is 5. The third-order valence-electron chi connectivity index (χ3n) is 4.42. The third kappa shape index (κ3) is 9.87. The number of anilines is 1. The van der Waals surface area contributed by atoms with Crippen molar-refractivity contribution < 1.29 is 32.2 Å². The molecule has 0 fully saturated rings. The Morgan fingerprint density at radius 3 is 1.56 bits per heavy atom. The number of carbonyl (C=O) groups excluding carboxylic acids is 1. The summed E-state index contributed by atoms with van der Waals surface area (Å²) < 4.78 is 50.5. The van der Waals surface area contributed by atoms with Crippen LogP contribution < -0.4 is 5.73 Å². The lowest BCUT2D eigenvalue weighted by molar-refractivity contribution is -0.385. The Labute approximate surface area is 203 Å². The molecule has 0 aliphatic heterocycles. The van der Waals surface area contributed by atoms with Gasteiger partial charge in [-0.15, -0.1) is 0 Å². The van der Waals surface area contributed by atoms with E-state index in [0.29, 0.717) is 18.2 Å². The first-order valence-electron chi connectivity index (χ1n) is 10.1. The Balaban J connectivity index is 0.000000271. The maximum Gasteiger partial charge on any atom is 0.270 e. The van der Waals surface area contributed by atoms with E-state index in [1.54, 1.807) is 12.1 Å². The number of nitro benzene ring substituents is 2. The zero-order valence-electron chi connectivity index (χ0n) is 19.5. The summed E-state index contributed by atoms with van der Waals surface area (Å²) >= 11 is 0. The maximum absolute atomic E-state index is 12.7. The minimum absolute atomic E-state index is 0.0440. The fraction of sp³-hybridized carbons (Fsp3) is 0.208. The number of Topliss-reactive ketones (excluding diaryl/α,β-unsaturated/α-hetero) is 1. The van der Waals surface area contributed by atoms with Crippen LogP contribution in [0.15, 0.2) is 72.8 Å². The molecule has 3 aromatic rings. The van der Waals surface area contributed by atoms with Crippen molar-refractivity contribution in [2.45, 2.75) is 32.6 Å². The summed E-state index contributed by atoms with van der Waals surface area (Å²) in [6.07, 6.45) is 0. The Morgan fingerprint density at radius 2 is 1.17 bits per heavy atom. The number of carbonyl (C=O) groups is 1. The van der Waals surface area contributed by atoms with Gasteiger partial charge in [-0.05, 0) is 19.1 Å². The van der Waals surface area contributed by atoms with Crippen molar-refractivity contribution in [3.8, 4) is 0 Å². The molecule has 0 spiro atoms. The molecule has 0 unspecified atom stereocenters. The fourth-order valence-corrected chi connectivity index (χ4v) is 2.54. The number of hydrogen-bond donors (Lipinski definition) is 1. The molecule has 0 radical (unpaired) electrons. The second kappa shape index (κ2) is 12.4. The summed E-state index contributed by atoms with van der Waals surface area (Å²) in [5.74, 6) is -6.00. The number of ketones is 1. The third-order valence-corrected chi connectivity index (χ3v) is 4.42. The molecule has 12 heteroatoms. The standard InChI is InChI=1S/C8H7F2NO2.C8H9F2N.C8H7NO3/c1-8(9,10)6-3-2-4-7(5-6)11(12)13;1-8(9,10)6-3-2-4-7(11)5-6;1-6(10)7-3-2-4-8(5-7)9(11)12/h2-5H,1H3;2-5H,11H2,1H3;2-5H,1H3. The summed E-state index contributed by atoms with van der Waals surface area (Å²) in [5, 5.41) is 20.5. The van der Waals surface area contributed by atoms with Gasteiger partial charge in [0.1, 0.15) is 0 Å². The monoisotopic (exact) mass is 509 g/mol. The van der Waals surface area contributed by atoms with E-state index < -0.39 is 21.7 Å². The van der Waals surface area contributed by atoms with Gasteiger partial charge in [0.15, 0.2) is 5.78 Å². The van der Waals surface area contributed by atoms with Gasteiger partial charge in [-0.3, -0.25) is 25.0 Å². The molecule has 0 aromatic heterocycles. The largest absolute Gasteiger partial charge is 0.399 e. The van der Waals surface area contributed by atoms with Crippen molar-refractivity contribution in [1.29, 1.82) is 0 Å². The lowest BCUT2D eigenvalue weighted by Gasteiger charge is -2.09. The first-order chi connectivity index (χ1) is 16.5. The van der Waals surface area contributed by atoms with Crippen molar-refractivity contribution >= 4 is 22.8 Å². The predicted octanol–water partition coefficient (Wildman–Crippen LogP) is 6.88. The minimum atomic E-state index is -3.04. The molecule has 0 atom stereocenters. The van der Waals surface area contributed by atoms with Gasteiger partial charge in [0.2, 0.25) is 0 Å². The number of alkyl halides is 4. The summed E-state index contributed by atoms with van der Waals surface area (Å²) in [6, 6.07) is 15.8. The van der Waals surface area contributed by atoms with E-state index in [2.05, 4.69) is 0 Å². The van der Waals surface area contributed by atoms with Crippen LogP contribution in [0.1, 0.15) is 42.3 Å². The van der Waals surface area contributed by atoms with E-state index in [1.165, 1.54) is 55.5 Å². The number of halogens is 4. The minimum Gasteiger partial charge on any atom is -0.399 e. The van der Waals surface area contributed by atoms with Crippen LogP contribution in [-0.4, -0.2) is 15.6 Å². The lowest BCUT2D eigenvalue weighted by Crippen LogP contribution is -2.06. The first-order valence-corrected chi connectivity index (χ1v) is 10.1. The molecule has 3 aromatic carbocycles. The van der Waals surface area contributed by atoms with Crippen molar-refractivity contribution in [3.63, 3.8) is 0 Å². The second-order valence-corrected chi connectivity index (χ2v) is 7.57. The number of nitro groups is 2. The number of benzene rings is 3. The Morgan fingerprint density at radius 1 is 0.750 bits per heavy atom. The van der Waals surface area contributed by atoms with E-state index >= 15 is 0 Å². The van der Waals surface area contributed by atoms with Gasteiger partial charge in [0.05, 0.1) is 9.85 Å². The quantitative estimate of drug-likeness (QED) is 0.131. The number of nitrogens with two attached hydrogens (primary N) is 1. The molecule has 0 saturated carbocycles. The van der Waals surface area contributed by atoms with Crippen LogP contribution in [-0.2, 0) is 11.8 Å². The van der Waals surface area contributed by atoms with Gasteiger partial charge >= 0.3 is 0 Å². The molecule has 0 saturated heterocycles. The molecule has 0 aliphatic rings. The highest BCUT2D eigenvalue weighted by atomic mass is 19.3. The van der Waals surface area contributed by atoms with Crippen molar-refractivity contribution in [2.24, 2.45) is 0 Å². The second-order valence-electron chi connectivity index (χ2n) is 7.57. The fourth-order valence-electron chi connectivity index (χ4n) is 2.54. The average Bonchev–Trinajstić information content (AvgIpc) is 2.79. The summed E-state index contributed by atoms with van der Waals surface area (Å²) in [5.41, 5.74) is 5.29. The first kappa shape index (κ1) is 29.7.